The Kier molecular flexibility index (Phi) is 12.0. The van der Waals surface area contributed by atoms with Gasteiger partial charge in [0.1, 0.15) is 18.0 Å². The van der Waals surface area contributed by atoms with Crippen LogP contribution in [0.5, 0.6) is 11.6 Å². The predicted molar refractivity (Wildman–Crippen MR) is 165 cm³/mol. The third-order valence-corrected chi connectivity index (χ3v) is 8.97. The number of likely N-dealkylation sites (N-methyl/N-ethyl adjacent to an activating group) is 1. The molecule has 1 fully saturated rings. The van der Waals surface area contributed by atoms with Crippen molar-refractivity contribution in [2.24, 2.45) is 11.8 Å². The van der Waals surface area contributed by atoms with Gasteiger partial charge in [-0.1, -0.05) is 83.6 Å². The molecular weight excluding hydrogens is 550 g/mol. The zero-order valence-electron chi connectivity index (χ0n) is 25.8. The lowest BCUT2D eigenvalue weighted by Crippen LogP contribution is -2.58. The van der Waals surface area contributed by atoms with E-state index in [2.05, 4.69) is 42.6 Å². The molecule has 1 aromatic carbocycles. The van der Waals surface area contributed by atoms with Crippen LogP contribution in [0.15, 0.2) is 30.3 Å². The minimum atomic E-state index is -0.344. The number of ether oxygens (including phenoxy) is 3. The Hall–Kier alpha value is -2.78. The van der Waals surface area contributed by atoms with Gasteiger partial charge in [-0.25, -0.2) is 0 Å². The summed E-state index contributed by atoms with van der Waals surface area (Å²) in [7, 11) is 2.15. The van der Waals surface area contributed by atoms with Crippen molar-refractivity contribution in [2.75, 3.05) is 26.7 Å². The van der Waals surface area contributed by atoms with E-state index in [1.165, 1.54) is 31.0 Å². The van der Waals surface area contributed by atoms with Gasteiger partial charge in [-0.15, -0.1) is 4.37 Å². The maximum Gasteiger partial charge on any atom is 0.314 e. The van der Waals surface area contributed by atoms with Gasteiger partial charge in [0.2, 0.25) is 6.23 Å². The molecule has 230 valence electrons. The van der Waals surface area contributed by atoms with Crippen LogP contribution < -0.4 is 9.47 Å². The summed E-state index contributed by atoms with van der Waals surface area (Å²) in [6.07, 6.45) is 12.4. The second kappa shape index (κ2) is 15.6. The maximum atomic E-state index is 13.4. The SMILES string of the molecule is CCCCCCOc1nsnc1C1=CCC[N+](C)(C(OC(=O)Cc2ccccc2OC(=O)C2CCCCC2)C(C)C)C1. The summed E-state index contributed by atoms with van der Waals surface area (Å²) in [5.74, 6) is 0.579. The molecule has 1 aliphatic heterocycles. The fourth-order valence-corrected chi connectivity index (χ4v) is 6.75. The molecular formula is C33H48N3O5S+. The van der Waals surface area contributed by atoms with Crippen molar-refractivity contribution in [1.29, 1.82) is 0 Å². The summed E-state index contributed by atoms with van der Waals surface area (Å²) < 4.78 is 27.6. The molecule has 9 heteroatoms. The molecule has 0 amide bonds. The van der Waals surface area contributed by atoms with E-state index in [4.69, 9.17) is 14.2 Å². The second-order valence-electron chi connectivity index (χ2n) is 12.4. The molecule has 4 rings (SSSR count). The van der Waals surface area contributed by atoms with E-state index in [1.54, 1.807) is 6.07 Å². The molecule has 8 nitrogen and oxygen atoms in total. The molecule has 0 bridgehead atoms. The first-order chi connectivity index (χ1) is 20.3. The minimum absolute atomic E-state index is 0.0477. The number of para-hydroxylation sites is 1. The number of unbranched alkanes of at least 4 members (excludes halogenated alkanes) is 3. The first kappa shape index (κ1) is 32.1. The number of benzene rings is 1. The van der Waals surface area contributed by atoms with Crippen molar-refractivity contribution in [3.63, 3.8) is 0 Å². The third-order valence-electron chi connectivity index (χ3n) is 8.45. The predicted octanol–water partition coefficient (Wildman–Crippen LogP) is 6.98. The van der Waals surface area contributed by atoms with E-state index >= 15 is 0 Å². The molecule has 2 unspecified atom stereocenters. The molecule has 2 aromatic rings. The number of nitrogens with zero attached hydrogens (tertiary/aromatic N) is 3. The second-order valence-corrected chi connectivity index (χ2v) is 12.9. The van der Waals surface area contributed by atoms with Crippen LogP contribution in [0.25, 0.3) is 5.57 Å². The number of hydrogen-bond acceptors (Lipinski definition) is 8. The van der Waals surface area contributed by atoms with Gasteiger partial charge >= 0.3 is 11.9 Å². The van der Waals surface area contributed by atoms with E-state index in [-0.39, 0.29) is 36.4 Å². The molecule has 0 N–H and O–H groups in total. The molecule has 2 aliphatic rings. The first-order valence-electron chi connectivity index (χ1n) is 15.8. The van der Waals surface area contributed by atoms with Crippen molar-refractivity contribution in [1.82, 2.24) is 8.75 Å². The Labute approximate surface area is 255 Å². The standard InChI is InChI=1S/C33H48N3O5S/c1-5-6-7-13-21-39-31-30(34-42-35-31)27-18-14-20-36(4,23-27)32(24(2)3)41-29(37)22-26-17-11-12-19-28(26)40-33(38)25-15-9-8-10-16-25/h11-12,17-19,24-25,32H,5-10,13-16,20-23H2,1-4H3/q+1. The van der Waals surface area contributed by atoms with Gasteiger partial charge in [-0.05, 0) is 25.3 Å². The summed E-state index contributed by atoms with van der Waals surface area (Å²) >= 11 is 1.18. The van der Waals surface area contributed by atoms with Crippen molar-refractivity contribution >= 4 is 29.2 Å². The van der Waals surface area contributed by atoms with E-state index in [9.17, 15) is 9.59 Å². The van der Waals surface area contributed by atoms with Crippen LogP contribution in [0, 0.1) is 11.8 Å². The van der Waals surface area contributed by atoms with Crippen LogP contribution in [0.1, 0.15) is 96.2 Å². The Balaban J connectivity index is 1.40. The quantitative estimate of drug-likeness (QED) is 0.100. The van der Waals surface area contributed by atoms with Crippen molar-refractivity contribution in [2.45, 2.75) is 97.6 Å². The fraction of sp³-hybridized carbons (Fsp3) is 0.636. The highest BCUT2D eigenvalue weighted by Gasteiger charge is 2.41. The van der Waals surface area contributed by atoms with E-state index in [0.29, 0.717) is 34.8 Å². The molecule has 2 heterocycles. The largest absolute Gasteiger partial charge is 0.475 e. The normalized spacial score (nSPS) is 20.2. The third kappa shape index (κ3) is 8.63. The van der Waals surface area contributed by atoms with Gasteiger partial charge in [0.25, 0.3) is 5.88 Å². The monoisotopic (exact) mass is 598 g/mol. The highest BCUT2D eigenvalue weighted by atomic mass is 32.1. The Bertz CT molecular complexity index is 1210. The minimum Gasteiger partial charge on any atom is -0.475 e. The van der Waals surface area contributed by atoms with Crippen LogP contribution in [0.4, 0.5) is 0 Å². The number of hydrogen-bond donors (Lipinski definition) is 0. The molecule has 42 heavy (non-hydrogen) atoms. The highest BCUT2D eigenvalue weighted by molar-refractivity contribution is 6.99. The summed E-state index contributed by atoms with van der Waals surface area (Å²) in [6, 6.07) is 7.30. The van der Waals surface area contributed by atoms with Gasteiger partial charge in [0.15, 0.2) is 0 Å². The zero-order chi connectivity index (χ0) is 30.0. The number of esters is 2. The average Bonchev–Trinajstić information content (AvgIpc) is 3.46. The smallest absolute Gasteiger partial charge is 0.314 e. The van der Waals surface area contributed by atoms with E-state index in [0.717, 1.165) is 62.8 Å². The number of quaternary nitrogens is 1. The molecule has 0 radical (unpaired) electrons. The lowest BCUT2D eigenvalue weighted by Gasteiger charge is -2.44. The van der Waals surface area contributed by atoms with Crippen molar-refractivity contribution in [3.05, 3.63) is 41.6 Å². The number of rotatable bonds is 14. The Morgan fingerprint density at radius 3 is 2.62 bits per heavy atom. The lowest BCUT2D eigenvalue weighted by atomic mass is 9.89. The fourth-order valence-electron chi connectivity index (χ4n) is 6.22. The summed E-state index contributed by atoms with van der Waals surface area (Å²) in [4.78, 5) is 26.2. The van der Waals surface area contributed by atoms with Crippen LogP contribution in [-0.2, 0) is 20.7 Å². The molecule has 0 spiro atoms. The summed E-state index contributed by atoms with van der Waals surface area (Å²) in [6.45, 7) is 8.54. The summed E-state index contributed by atoms with van der Waals surface area (Å²) in [5.41, 5.74) is 2.56. The van der Waals surface area contributed by atoms with Crippen LogP contribution in [-0.4, -0.2) is 58.1 Å². The summed E-state index contributed by atoms with van der Waals surface area (Å²) in [5, 5.41) is 0. The van der Waals surface area contributed by atoms with Gasteiger partial charge in [-0.2, -0.15) is 4.37 Å². The van der Waals surface area contributed by atoms with Crippen molar-refractivity contribution in [3.8, 4) is 11.6 Å². The number of aromatic nitrogens is 2. The number of carbonyl (C=O) groups is 2. The maximum absolute atomic E-state index is 13.4. The van der Waals surface area contributed by atoms with Gasteiger partial charge in [0, 0.05) is 23.5 Å². The molecule has 2 atom stereocenters. The molecule has 1 aliphatic carbocycles. The topological polar surface area (TPSA) is 87.6 Å². The van der Waals surface area contributed by atoms with Gasteiger partial charge < -0.3 is 14.2 Å². The molecule has 0 saturated heterocycles. The first-order valence-corrected chi connectivity index (χ1v) is 16.5. The molecule has 1 saturated carbocycles. The van der Waals surface area contributed by atoms with Crippen molar-refractivity contribution < 1.29 is 28.3 Å². The zero-order valence-corrected chi connectivity index (χ0v) is 26.6. The van der Waals surface area contributed by atoms with Crippen LogP contribution >= 0.6 is 11.7 Å². The lowest BCUT2D eigenvalue weighted by molar-refractivity contribution is -0.950. The van der Waals surface area contributed by atoms with Gasteiger partial charge in [-0.3, -0.25) is 14.1 Å². The highest BCUT2D eigenvalue weighted by Crippen LogP contribution is 2.34. The van der Waals surface area contributed by atoms with E-state index < -0.39 is 0 Å². The average molecular weight is 599 g/mol. The van der Waals surface area contributed by atoms with Crippen LogP contribution in [0.2, 0.25) is 0 Å². The number of carbonyl (C=O) groups excluding carboxylic acids is 2. The van der Waals surface area contributed by atoms with Crippen LogP contribution in [0.3, 0.4) is 0 Å². The Morgan fingerprint density at radius 1 is 1.07 bits per heavy atom. The Morgan fingerprint density at radius 2 is 1.86 bits per heavy atom. The van der Waals surface area contributed by atoms with Gasteiger partial charge in [0.05, 0.1) is 44.3 Å². The van der Waals surface area contributed by atoms with E-state index in [1.807, 2.05) is 18.2 Å². The molecule has 1 aromatic heterocycles.